The number of thiophene rings is 1. The number of phenols is 1. The predicted molar refractivity (Wildman–Crippen MR) is 103 cm³/mol. The van der Waals surface area contributed by atoms with Gasteiger partial charge in [0.25, 0.3) is 11.6 Å². The number of phenolic OH excluding ortho intramolecular Hbond substituents is 1. The quantitative estimate of drug-likeness (QED) is 0.530. The van der Waals surface area contributed by atoms with Crippen LogP contribution in [0.1, 0.15) is 21.5 Å². The van der Waals surface area contributed by atoms with E-state index in [-0.39, 0.29) is 37.2 Å². The van der Waals surface area contributed by atoms with Gasteiger partial charge in [-0.15, -0.1) is 11.3 Å². The largest absolute Gasteiger partial charge is 0.504 e. The third-order valence-corrected chi connectivity index (χ3v) is 6.08. The van der Waals surface area contributed by atoms with Crippen molar-refractivity contribution in [2.75, 3.05) is 5.32 Å². The third kappa shape index (κ3) is 2.74. The van der Waals surface area contributed by atoms with Gasteiger partial charge in [0, 0.05) is 16.7 Å². The van der Waals surface area contributed by atoms with Crippen LogP contribution in [0.5, 0.6) is 5.75 Å². The van der Waals surface area contributed by atoms with E-state index >= 15 is 4.39 Å². The SMILES string of the molecule is Cc1ccc(-c2c(Cl)sc3c2C(=O)C(F)(c2ccc(F)cc2)C(=O)N3)c(O)c1F. The van der Waals surface area contributed by atoms with E-state index < -0.39 is 34.7 Å². The Hall–Kier alpha value is -2.84. The van der Waals surface area contributed by atoms with Gasteiger partial charge in [-0.1, -0.05) is 35.9 Å². The number of alkyl halides is 1. The van der Waals surface area contributed by atoms with Crippen molar-refractivity contribution < 1.29 is 27.9 Å². The molecule has 1 aliphatic rings. The fraction of sp³-hybridized carbons (Fsp3) is 0.100. The van der Waals surface area contributed by atoms with Crippen LogP contribution in [0.4, 0.5) is 18.2 Å². The number of hydrogen-bond donors (Lipinski definition) is 2. The van der Waals surface area contributed by atoms with E-state index in [2.05, 4.69) is 5.32 Å². The molecule has 29 heavy (non-hydrogen) atoms. The summed E-state index contributed by atoms with van der Waals surface area (Å²) in [5, 5.41) is 12.5. The molecule has 9 heteroatoms. The molecule has 0 saturated carbocycles. The number of ketones is 1. The number of carbonyl (C=O) groups excluding carboxylic acids is 2. The maximum atomic E-state index is 15.8. The molecule has 1 atom stereocenters. The molecule has 1 amide bonds. The van der Waals surface area contributed by atoms with Gasteiger partial charge >= 0.3 is 0 Å². The fourth-order valence-corrected chi connectivity index (χ4v) is 4.58. The molecule has 0 saturated heterocycles. The fourth-order valence-electron chi connectivity index (χ4n) is 3.22. The van der Waals surface area contributed by atoms with Crippen molar-refractivity contribution in [2.24, 2.45) is 0 Å². The Labute approximate surface area is 171 Å². The predicted octanol–water partition coefficient (Wildman–Crippen LogP) is 5.36. The number of anilines is 1. The molecular formula is C20H11ClF3NO3S. The topological polar surface area (TPSA) is 66.4 Å². The summed E-state index contributed by atoms with van der Waals surface area (Å²) in [6.45, 7) is 1.44. The lowest BCUT2D eigenvalue weighted by Crippen LogP contribution is -2.47. The molecular weight excluding hydrogens is 427 g/mol. The number of aryl methyl sites for hydroxylation is 1. The van der Waals surface area contributed by atoms with Gasteiger partial charge in [-0.25, -0.2) is 13.2 Å². The Morgan fingerprint density at radius 2 is 1.72 bits per heavy atom. The third-order valence-electron chi connectivity index (χ3n) is 4.77. The van der Waals surface area contributed by atoms with Crippen LogP contribution in [0.3, 0.4) is 0 Å². The van der Waals surface area contributed by atoms with Crippen LogP contribution in [0, 0.1) is 18.6 Å². The lowest BCUT2D eigenvalue weighted by Gasteiger charge is -2.28. The summed E-state index contributed by atoms with van der Waals surface area (Å²) in [5.41, 5.74) is -3.82. The molecule has 0 radical (unpaired) electrons. The lowest BCUT2D eigenvalue weighted by molar-refractivity contribution is -0.125. The van der Waals surface area contributed by atoms with Gasteiger partial charge in [0.2, 0.25) is 5.78 Å². The zero-order chi connectivity index (χ0) is 21.1. The van der Waals surface area contributed by atoms with Gasteiger partial charge < -0.3 is 10.4 Å². The summed E-state index contributed by atoms with van der Waals surface area (Å²) in [7, 11) is 0. The molecule has 2 aromatic carbocycles. The lowest BCUT2D eigenvalue weighted by atomic mass is 9.83. The van der Waals surface area contributed by atoms with E-state index in [1.165, 1.54) is 19.1 Å². The highest BCUT2D eigenvalue weighted by Gasteiger charge is 2.54. The number of rotatable bonds is 2. The normalized spacial score (nSPS) is 18.5. The standard InChI is InChI=1S/C20H11ClF3NO3S/c1-8-2-7-11(15(26)14(8)23)12-13-16(27)20(24,9-3-5-10(22)6-4-9)19(28)25-18(13)29-17(12)21/h2-7,26H,1H3,(H,25,28). The van der Waals surface area contributed by atoms with Crippen LogP contribution in [-0.2, 0) is 10.5 Å². The highest BCUT2D eigenvalue weighted by molar-refractivity contribution is 7.21. The van der Waals surface area contributed by atoms with Gasteiger partial charge in [-0.3, -0.25) is 9.59 Å². The van der Waals surface area contributed by atoms with Crippen LogP contribution >= 0.6 is 22.9 Å². The van der Waals surface area contributed by atoms with E-state index in [0.717, 1.165) is 35.6 Å². The van der Waals surface area contributed by atoms with Crippen LogP contribution in [-0.4, -0.2) is 16.8 Å². The minimum Gasteiger partial charge on any atom is -0.504 e. The van der Waals surface area contributed by atoms with E-state index in [1.807, 2.05) is 0 Å². The van der Waals surface area contributed by atoms with Gasteiger partial charge in [-0.05, 0) is 24.6 Å². The van der Waals surface area contributed by atoms with Crippen LogP contribution in [0.15, 0.2) is 36.4 Å². The van der Waals surface area contributed by atoms with E-state index in [4.69, 9.17) is 11.6 Å². The van der Waals surface area contributed by atoms with Crippen molar-refractivity contribution in [1.29, 1.82) is 0 Å². The highest BCUT2D eigenvalue weighted by Crippen LogP contribution is 2.51. The van der Waals surface area contributed by atoms with Crippen LogP contribution < -0.4 is 5.32 Å². The van der Waals surface area contributed by atoms with Crippen LogP contribution in [0.2, 0.25) is 4.34 Å². The molecule has 0 spiro atoms. The maximum Gasteiger partial charge on any atom is 0.275 e. The number of carbonyl (C=O) groups is 2. The smallest absolute Gasteiger partial charge is 0.275 e. The average Bonchev–Trinajstić information content (AvgIpc) is 3.00. The van der Waals surface area contributed by atoms with Crippen molar-refractivity contribution in [3.8, 4) is 16.9 Å². The maximum absolute atomic E-state index is 15.8. The van der Waals surface area contributed by atoms with Gasteiger partial charge in [0.05, 0.1) is 5.56 Å². The van der Waals surface area contributed by atoms with Crippen molar-refractivity contribution in [3.05, 3.63) is 69.1 Å². The molecule has 0 bridgehead atoms. The number of nitrogens with one attached hydrogen (secondary N) is 1. The Balaban J connectivity index is 1.95. The molecule has 1 unspecified atom stereocenters. The van der Waals surface area contributed by atoms with E-state index in [9.17, 15) is 23.5 Å². The summed E-state index contributed by atoms with van der Waals surface area (Å²) in [4.78, 5) is 25.6. The Morgan fingerprint density at radius 1 is 1.07 bits per heavy atom. The van der Waals surface area contributed by atoms with Crippen molar-refractivity contribution in [3.63, 3.8) is 0 Å². The Kier molecular flexibility index (Phi) is 4.43. The molecule has 2 heterocycles. The van der Waals surface area contributed by atoms with Crippen molar-refractivity contribution in [2.45, 2.75) is 12.6 Å². The zero-order valence-electron chi connectivity index (χ0n) is 14.6. The van der Waals surface area contributed by atoms with Crippen LogP contribution in [0.25, 0.3) is 11.1 Å². The minimum atomic E-state index is -3.14. The Morgan fingerprint density at radius 3 is 2.38 bits per heavy atom. The molecule has 0 aliphatic carbocycles. The first-order valence-electron chi connectivity index (χ1n) is 8.28. The highest BCUT2D eigenvalue weighted by atomic mass is 35.5. The number of hydrogen-bond acceptors (Lipinski definition) is 4. The zero-order valence-corrected chi connectivity index (χ0v) is 16.2. The molecule has 2 N–H and O–H groups in total. The van der Waals surface area contributed by atoms with Gasteiger partial charge in [0.1, 0.15) is 15.2 Å². The first kappa shape index (κ1) is 19.5. The monoisotopic (exact) mass is 437 g/mol. The molecule has 3 aromatic rings. The second-order valence-electron chi connectivity index (χ2n) is 6.50. The summed E-state index contributed by atoms with van der Waals surface area (Å²) >= 11 is 7.01. The summed E-state index contributed by atoms with van der Waals surface area (Å²) in [6, 6.07) is 6.57. The number of amides is 1. The minimum absolute atomic E-state index is 0.0178. The summed E-state index contributed by atoms with van der Waals surface area (Å²) in [5.74, 6) is -4.80. The first-order chi connectivity index (χ1) is 13.7. The summed E-state index contributed by atoms with van der Waals surface area (Å²) < 4.78 is 43.2. The second-order valence-corrected chi connectivity index (χ2v) is 8.12. The molecule has 4 nitrogen and oxygen atoms in total. The molecule has 4 rings (SSSR count). The van der Waals surface area contributed by atoms with Gasteiger partial charge in [-0.2, -0.15) is 0 Å². The van der Waals surface area contributed by atoms with Crippen molar-refractivity contribution >= 4 is 39.6 Å². The van der Waals surface area contributed by atoms with E-state index in [0.29, 0.717) is 0 Å². The van der Waals surface area contributed by atoms with E-state index in [1.54, 1.807) is 0 Å². The number of halogens is 4. The van der Waals surface area contributed by atoms with Gasteiger partial charge in [0.15, 0.2) is 11.6 Å². The molecule has 1 aliphatic heterocycles. The number of Topliss-reactive ketones (excluding diaryl/α,β-unsaturated/α-hetero) is 1. The Bertz CT molecular complexity index is 1190. The molecule has 148 valence electrons. The first-order valence-corrected chi connectivity index (χ1v) is 9.47. The summed E-state index contributed by atoms with van der Waals surface area (Å²) in [6.07, 6.45) is 0. The number of benzene rings is 2. The van der Waals surface area contributed by atoms with Crippen molar-refractivity contribution in [1.82, 2.24) is 0 Å². The second kappa shape index (κ2) is 6.60. The number of fused-ring (bicyclic) bond motifs is 1. The number of aromatic hydroxyl groups is 1. The molecule has 0 fully saturated rings. The molecule has 1 aromatic heterocycles. The average molecular weight is 438 g/mol.